The van der Waals surface area contributed by atoms with Crippen LogP contribution in [0.5, 0.6) is 0 Å². The van der Waals surface area contributed by atoms with Gasteiger partial charge in [0.15, 0.2) is 5.78 Å². The summed E-state index contributed by atoms with van der Waals surface area (Å²) in [5, 5.41) is 2.04. The van der Waals surface area contributed by atoms with Crippen LogP contribution < -0.4 is 0 Å². The Kier molecular flexibility index (Phi) is 2.73. The number of aryl methyl sites for hydroxylation is 1. The van der Waals surface area contributed by atoms with E-state index >= 15 is 0 Å². The summed E-state index contributed by atoms with van der Waals surface area (Å²) in [5.41, 5.74) is 2.00. The molecule has 5 heteroatoms. The summed E-state index contributed by atoms with van der Waals surface area (Å²) < 4.78 is 2.89. The number of benzene rings is 1. The second kappa shape index (κ2) is 4.01. The Hall–Kier alpha value is -0.510. The van der Waals surface area contributed by atoms with E-state index in [-0.39, 0.29) is 5.78 Å². The van der Waals surface area contributed by atoms with Gasteiger partial charge >= 0.3 is 0 Å². The molecule has 0 radical (unpaired) electrons. The lowest BCUT2D eigenvalue weighted by atomic mass is 10.1. The van der Waals surface area contributed by atoms with Crippen LogP contribution in [0.2, 0.25) is 10.0 Å². The summed E-state index contributed by atoms with van der Waals surface area (Å²) in [4.78, 5) is 11.5. The second-order valence-corrected chi connectivity index (χ2v) is 5.82. The lowest BCUT2D eigenvalue weighted by Crippen LogP contribution is -2.19. The van der Waals surface area contributed by atoms with E-state index < -0.39 is 0 Å². The minimum Gasteiger partial charge on any atom is -0.336 e. The third-order valence-electron chi connectivity index (χ3n) is 3.11. The lowest BCUT2D eigenvalue weighted by molar-refractivity contribution is -0.120. The van der Waals surface area contributed by atoms with Gasteiger partial charge in [-0.25, -0.2) is 0 Å². The highest BCUT2D eigenvalue weighted by Gasteiger charge is 2.21. The molecule has 0 saturated carbocycles. The number of carbonyl (C=O) groups excluding carboxylic acids is 1. The van der Waals surface area contributed by atoms with Gasteiger partial charge in [-0.3, -0.25) is 4.79 Å². The number of aromatic nitrogens is 1. The van der Waals surface area contributed by atoms with Crippen molar-refractivity contribution in [3.63, 3.8) is 0 Å². The van der Waals surface area contributed by atoms with E-state index in [0.29, 0.717) is 23.0 Å². The van der Waals surface area contributed by atoms with Crippen LogP contribution in [0, 0.1) is 0 Å². The predicted octanol–water partition coefficient (Wildman–Crippen LogP) is 4.23. The normalized spacial score (nSPS) is 15.4. The van der Waals surface area contributed by atoms with Gasteiger partial charge in [-0.2, -0.15) is 0 Å². The fourth-order valence-corrected chi connectivity index (χ4v) is 3.42. The number of carbonyl (C=O) groups is 1. The highest BCUT2D eigenvalue weighted by atomic mass is 79.9. The smallest absolute Gasteiger partial charge is 0.152 e. The van der Waals surface area contributed by atoms with Gasteiger partial charge in [0.1, 0.15) is 0 Å². The molecule has 2 aromatic rings. The molecule has 1 aliphatic rings. The molecule has 0 spiro atoms. The monoisotopic (exact) mass is 331 g/mol. The van der Waals surface area contributed by atoms with Crippen molar-refractivity contribution in [2.45, 2.75) is 19.4 Å². The Morgan fingerprint density at radius 1 is 1.24 bits per heavy atom. The SMILES string of the molecule is O=C1CCc2cc3c(Br)cc(Cl)c(Cl)c3n2C1. The van der Waals surface area contributed by atoms with Crippen molar-refractivity contribution >= 4 is 55.8 Å². The summed E-state index contributed by atoms with van der Waals surface area (Å²) in [6, 6.07) is 3.87. The standard InChI is InChI=1S/C12H8BrCl2NO/c13-9-4-10(14)11(15)12-8(9)3-6-1-2-7(17)5-16(6)12/h3-4H,1-2,5H2. The Bertz CT molecular complexity index is 648. The maximum absolute atomic E-state index is 11.5. The van der Waals surface area contributed by atoms with Crippen LogP contribution in [0.25, 0.3) is 10.9 Å². The first-order valence-electron chi connectivity index (χ1n) is 5.25. The molecule has 17 heavy (non-hydrogen) atoms. The topological polar surface area (TPSA) is 22.0 Å². The summed E-state index contributed by atoms with van der Waals surface area (Å²) in [6.07, 6.45) is 1.38. The van der Waals surface area contributed by atoms with Gasteiger partial charge in [0, 0.05) is 22.0 Å². The fraction of sp³-hybridized carbons (Fsp3) is 0.250. The van der Waals surface area contributed by atoms with Gasteiger partial charge in [0.25, 0.3) is 0 Å². The maximum atomic E-state index is 11.5. The minimum atomic E-state index is 0.238. The van der Waals surface area contributed by atoms with Crippen molar-refractivity contribution in [1.82, 2.24) is 4.57 Å². The number of hydrogen-bond acceptors (Lipinski definition) is 1. The van der Waals surface area contributed by atoms with E-state index in [0.717, 1.165) is 27.5 Å². The molecule has 1 aliphatic heterocycles. The molecule has 0 aliphatic carbocycles. The molecule has 0 amide bonds. The first-order valence-corrected chi connectivity index (χ1v) is 6.80. The summed E-state index contributed by atoms with van der Waals surface area (Å²) in [7, 11) is 0. The van der Waals surface area contributed by atoms with E-state index in [2.05, 4.69) is 22.0 Å². The van der Waals surface area contributed by atoms with Crippen LogP contribution in [-0.4, -0.2) is 10.4 Å². The van der Waals surface area contributed by atoms with Crippen LogP contribution in [0.1, 0.15) is 12.1 Å². The molecule has 1 aromatic heterocycles. The van der Waals surface area contributed by atoms with E-state index in [4.69, 9.17) is 23.2 Å². The van der Waals surface area contributed by atoms with Crippen LogP contribution >= 0.6 is 39.1 Å². The van der Waals surface area contributed by atoms with Gasteiger partial charge in [-0.1, -0.05) is 39.1 Å². The number of rotatable bonds is 0. The largest absolute Gasteiger partial charge is 0.336 e. The van der Waals surface area contributed by atoms with Gasteiger partial charge < -0.3 is 4.57 Å². The van der Waals surface area contributed by atoms with Crippen LogP contribution in [0.4, 0.5) is 0 Å². The molecule has 2 nitrogen and oxygen atoms in total. The zero-order valence-corrected chi connectivity index (χ0v) is 11.9. The van der Waals surface area contributed by atoms with Gasteiger partial charge in [0.2, 0.25) is 0 Å². The molecule has 0 atom stereocenters. The van der Waals surface area contributed by atoms with Gasteiger partial charge in [0.05, 0.1) is 22.1 Å². The molecular formula is C12H8BrCl2NO. The minimum absolute atomic E-state index is 0.238. The Labute approximate surface area is 117 Å². The lowest BCUT2D eigenvalue weighted by Gasteiger charge is -2.15. The molecule has 1 aromatic carbocycles. The molecule has 0 fully saturated rings. The van der Waals surface area contributed by atoms with E-state index in [1.54, 1.807) is 6.07 Å². The van der Waals surface area contributed by atoms with Crippen molar-refractivity contribution in [2.75, 3.05) is 0 Å². The van der Waals surface area contributed by atoms with Crippen molar-refractivity contribution in [3.8, 4) is 0 Å². The predicted molar refractivity (Wildman–Crippen MR) is 73.0 cm³/mol. The molecule has 0 saturated heterocycles. The summed E-state index contributed by atoms with van der Waals surface area (Å²) >= 11 is 15.8. The second-order valence-electron chi connectivity index (χ2n) is 4.18. The van der Waals surface area contributed by atoms with E-state index in [1.807, 2.05) is 4.57 Å². The van der Waals surface area contributed by atoms with Crippen LogP contribution in [0.15, 0.2) is 16.6 Å². The third-order valence-corrected chi connectivity index (χ3v) is 4.54. The summed E-state index contributed by atoms with van der Waals surface area (Å²) in [5.74, 6) is 0.238. The maximum Gasteiger partial charge on any atom is 0.152 e. The average Bonchev–Trinajstić information content (AvgIpc) is 2.65. The van der Waals surface area contributed by atoms with Crippen molar-refractivity contribution in [1.29, 1.82) is 0 Å². The molecular weight excluding hydrogens is 325 g/mol. The molecule has 2 heterocycles. The fourth-order valence-electron chi connectivity index (χ4n) is 2.30. The molecule has 0 N–H and O–H groups in total. The molecule has 0 bridgehead atoms. The zero-order chi connectivity index (χ0) is 12.2. The number of halogens is 3. The van der Waals surface area contributed by atoms with Gasteiger partial charge in [-0.15, -0.1) is 0 Å². The molecule has 0 unspecified atom stereocenters. The quantitative estimate of drug-likeness (QED) is 0.662. The molecule has 3 rings (SSSR count). The number of Topliss-reactive ketones (excluding diaryl/α,β-unsaturated/α-hetero) is 1. The average molecular weight is 333 g/mol. The Balaban J connectivity index is 2.41. The van der Waals surface area contributed by atoms with Crippen LogP contribution in [0.3, 0.4) is 0 Å². The first-order chi connectivity index (χ1) is 8.08. The van der Waals surface area contributed by atoms with E-state index in [9.17, 15) is 4.79 Å². The van der Waals surface area contributed by atoms with Crippen molar-refractivity contribution < 1.29 is 4.79 Å². The van der Waals surface area contributed by atoms with Crippen molar-refractivity contribution in [2.24, 2.45) is 0 Å². The van der Waals surface area contributed by atoms with Gasteiger partial charge in [-0.05, 0) is 18.6 Å². The molecule has 88 valence electrons. The van der Waals surface area contributed by atoms with E-state index in [1.165, 1.54) is 0 Å². The highest BCUT2D eigenvalue weighted by Crippen LogP contribution is 2.39. The third kappa shape index (κ3) is 1.72. The van der Waals surface area contributed by atoms with Crippen molar-refractivity contribution in [3.05, 3.63) is 32.3 Å². The number of fused-ring (bicyclic) bond motifs is 3. The number of ketones is 1. The Morgan fingerprint density at radius 2 is 2.00 bits per heavy atom. The summed E-state index contributed by atoms with van der Waals surface area (Å²) in [6.45, 7) is 0.394. The number of nitrogens with zero attached hydrogens (tertiary/aromatic N) is 1. The zero-order valence-electron chi connectivity index (χ0n) is 8.77. The number of hydrogen-bond donors (Lipinski definition) is 0. The Morgan fingerprint density at radius 3 is 2.76 bits per heavy atom. The first kappa shape index (κ1) is 11.6. The van der Waals surface area contributed by atoms with Crippen LogP contribution in [-0.2, 0) is 17.8 Å². The highest BCUT2D eigenvalue weighted by molar-refractivity contribution is 9.10.